The summed E-state index contributed by atoms with van der Waals surface area (Å²) in [7, 11) is 0. The van der Waals surface area contributed by atoms with Crippen LogP contribution in [0.3, 0.4) is 0 Å². The van der Waals surface area contributed by atoms with Gasteiger partial charge in [0.15, 0.2) is 0 Å². The Morgan fingerprint density at radius 2 is 1.58 bits per heavy atom. The van der Waals surface area contributed by atoms with Gasteiger partial charge in [-0.05, 0) is 67.2 Å². The molecular weight excluding hydrogens is 694 g/mol. The molecule has 0 spiro atoms. The van der Waals surface area contributed by atoms with Gasteiger partial charge in [0.05, 0.1) is 17.5 Å². The molecule has 0 saturated carbocycles. The van der Waals surface area contributed by atoms with E-state index in [2.05, 4.69) is 26.3 Å². The number of halogens is 4. The van der Waals surface area contributed by atoms with Crippen molar-refractivity contribution in [2.45, 2.75) is 109 Å². The highest BCUT2D eigenvalue weighted by atomic mass is 19.4. The zero-order valence-corrected chi connectivity index (χ0v) is 30.7. The van der Waals surface area contributed by atoms with E-state index in [1.807, 2.05) is 20.8 Å². The van der Waals surface area contributed by atoms with Gasteiger partial charge in [-0.1, -0.05) is 70.9 Å². The Kier molecular flexibility index (Phi) is 14.1. The Morgan fingerprint density at radius 3 is 2.23 bits per heavy atom. The van der Waals surface area contributed by atoms with Gasteiger partial charge in [0.2, 0.25) is 23.6 Å². The Balaban J connectivity index is 1.70. The number of aliphatic hydroxyl groups excluding tert-OH is 1. The van der Waals surface area contributed by atoms with Crippen LogP contribution in [0.5, 0.6) is 0 Å². The number of aromatic nitrogens is 1. The molecule has 0 bridgehead atoms. The molecule has 2 unspecified atom stereocenters. The van der Waals surface area contributed by atoms with Gasteiger partial charge in [-0.25, -0.2) is 4.39 Å². The topological polar surface area (TPSA) is 152 Å². The van der Waals surface area contributed by atoms with Crippen LogP contribution < -0.4 is 21.3 Å². The van der Waals surface area contributed by atoms with Crippen LogP contribution in [0.4, 0.5) is 17.6 Å². The van der Waals surface area contributed by atoms with E-state index in [9.17, 15) is 36.7 Å². The second-order valence-corrected chi connectivity index (χ2v) is 14.2. The average molecular weight is 746 g/mol. The van der Waals surface area contributed by atoms with Crippen LogP contribution in [-0.2, 0) is 44.6 Å². The predicted molar refractivity (Wildman–Crippen MR) is 193 cm³/mol. The molecule has 53 heavy (non-hydrogen) atoms. The van der Waals surface area contributed by atoms with Crippen molar-refractivity contribution >= 4 is 34.5 Å². The lowest BCUT2D eigenvalue weighted by Gasteiger charge is -2.39. The molecule has 1 aliphatic rings. The summed E-state index contributed by atoms with van der Waals surface area (Å²) in [6.07, 6.45) is -2.18. The van der Waals surface area contributed by atoms with E-state index >= 15 is 0 Å². The smallest absolute Gasteiger partial charge is 0.396 e. The van der Waals surface area contributed by atoms with Crippen molar-refractivity contribution in [2.24, 2.45) is 11.8 Å². The maximum Gasteiger partial charge on any atom is 0.418 e. The van der Waals surface area contributed by atoms with Gasteiger partial charge >= 0.3 is 6.18 Å². The van der Waals surface area contributed by atoms with Crippen molar-refractivity contribution in [3.63, 3.8) is 0 Å². The third kappa shape index (κ3) is 9.95. The molecule has 3 aromatic rings. The van der Waals surface area contributed by atoms with E-state index in [-0.39, 0.29) is 54.7 Å². The van der Waals surface area contributed by atoms with Crippen LogP contribution in [0.15, 0.2) is 42.5 Å². The van der Waals surface area contributed by atoms with E-state index in [1.54, 1.807) is 13.0 Å². The van der Waals surface area contributed by atoms with Crippen LogP contribution in [0.2, 0.25) is 0 Å². The summed E-state index contributed by atoms with van der Waals surface area (Å²) in [4.78, 5) is 58.5. The number of aliphatic hydroxyl groups is 1. The van der Waals surface area contributed by atoms with Crippen molar-refractivity contribution in [2.75, 3.05) is 13.2 Å². The van der Waals surface area contributed by atoms with Crippen LogP contribution >= 0.6 is 0 Å². The zero-order chi connectivity index (χ0) is 38.9. The Morgan fingerprint density at radius 1 is 0.906 bits per heavy atom. The van der Waals surface area contributed by atoms with E-state index in [1.165, 1.54) is 30.3 Å². The fourth-order valence-electron chi connectivity index (χ4n) is 6.84. The lowest BCUT2D eigenvalue weighted by atomic mass is 9.78. The minimum absolute atomic E-state index is 0.0157. The number of H-pyrrole nitrogens is 1. The maximum absolute atomic E-state index is 14.6. The molecule has 2 aromatic carbocycles. The fraction of sp³-hybridized carbons (Fsp3) is 0.538. The number of benzene rings is 2. The van der Waals surface area contributed by atoms with Crippen molar-refractivity contribution < 1.29 is 41.8 Å². The van der Waals surface area contributed by atoms with E-state index < -0.39 is 64.7 Å². The highest BCUT2D eigenvalue weighted by molar-refractivity contribution is 5.98. The molecular formula is C39H51F4N5O5. The third-order valence-electron chi connectivity index (χ3n) is 10.4. The molecule has 0 saturated heterocycles. The third-order valence-corrected chi connectivity index (χ3v) is 10.4. The quantitative estimate of drug-likeness (QED) is 0.0824. The van der Waals surface area contributed by atoms with Crippen LogP contribution in [-0.4, -0.2) is 64.5 Å². The van der Waals surface area contributed by atoms with Crippen LogP contribution in [0.25, 0.3) is 10.9 Å². The van der Waals surface area contributed by atoms with Gasteiger partial charge in [0, 0.05) is 30.7 Å². The number of nitrogens with one attached hydrogen (secondary N) is 5. The summed E-state index contributed by atoms with van der Waals surface area (Å²) in [6.45, 7) is 7.62. The summed E-state index contributed by atoms with van der Waals surface area (Å²) in [5.41, 5.74) is -1.61. The summed E-state index contributed by atoms with van der Waals surface area (Å²) in [5, 5.41) is 20.7. The van der Waals surface area contributed by atoms with Crippen LogP contribution in [0, 0.1) is 17.7 Å². The lowest BCUT2D eigenvalue weighted by molar-refractivity contribution is -0.139. The van der Waals surface area contributed by atoms with Gasteiger partial charge < -0.3 is 31.4 Å². The normalized spacial score (nSPS) is 18.0. The molecule has 10 nitrogen and oxygen atoms in total. The molecule has 1 heterocycles. The molecule has 0 fully saturated rings. The standard InChI is InChI=1S/C39H51F4N5O5/c1-5-23(3)32(35(51)44-19-10-7-11-20-49)47-37(53)38(18-17-30-27(22-38)26-14-12-15-28(34(26)45-30)39(41,42)43)48-36(52)33(24(4)6-2)46-31(50)21-25-13-8-9-16-29(25)40/h8-9,12-16,23-24,32-33,45,49H,5-7,10-11,17-22H2,1-4H3,(H,44,51)(H,46,50)(H,47,53)(H,48,52)/t23-,24?,32?,33-,38+/m0/s1. The number of hydrogen-bond acceptors (Lipinski definition) is 5. The molecule has 0 aliphatic heterocycles. The second-order valence-electron chi connectivity index (χ2n) is 14.2. The SMILES string of the molecule is CCC(C)[C@H](NC(=O)Cc1ccccc1F)C(=O)N[C@]1(C(=O)NC(C(=O)NCCCCCO)[C@@H](C)CC)CCc2[nH]c3c(C(F)(F)F)cccc3c2C1. The number of para-hydroxylation sites is 1. The number of amides is 4. The summed E-state index contributed by atoms with van der Waals surface area (Å²) < 4.78 is 56.5. The van der Waals surface area contributed by atoms with Gasteiger partial charge in [-0.15, -0.1) is 0 Å². The molecule has 1 aliphatic carbocycles. The Hall–Kier alpha value is -4.46. The van der Waals surface area contributed by atoms with Gasteiger partial charge in [-0.2, -0.15) is 13.2 Å². The number of carbonyl (C=O) groups excluding carboxylic acids is 4. The molecule has 0 radical (unpaired) electrons. The van der Waals surface area contributed by atoms with E-state index in [0.717, 1.165) is 6.07 Å². The van der Waals surface area contributed by atoms with Crippen molar-refractivity contribution in [1.29, 1.82) is 0 Å². The summed E-state index contributed by atoms with van der Waals surface area (Å²) >= 11 is 0. The maximum atomic E-state index is 14.6. The summed E-state index contributed by atoms with van der Waals surface area (Å²) in [6, 6.07) is 7.46. The summed E-state index contributed by atoms with van der Waals surface area (Å²) in [5.74, 6) is -3.72. The molecule has 14 heteroatoms. The predicted octanol–water partition coefficient (Wildman–Crippen LogP) is 5.25. The highest BCUT2D eigenvalue weighted by Crippen LogP contribution is 2.40. The molecule has 290 valence electrons. The first-order valence-electron chi connectivity index (χ1n) is 18.4. The van der Waals surface area contributed by atoms with Gasteiger partial charge in [0.25, 0.3) is 0 Å². The van der Waals surface area contributed by atoms with Gasteiger partial charge in [-0.3, -0.25) is 19.2 Å². The van der Waals surface area contributed by atoms with E-state index in [4.69, 9.17) is 5.11 Å². The minimum atomic E-state index is -4.64. The first-order valence-corrected chi connectivity index (χ1v) is 18.4. The van der Waals surface area contributed by atoms with Crippen molar-refractivity contribution in [3.05, 3.63) is 70.7 Å². The number of aryl methyl sites for hydroxylation is 1. The highest BCUT2D eigenvalue weighted by Gasteiger charge is 2.47. The number of hydrogen-bond donors (Lipinski definition) is 6. The van der Waals surface area contributed by atoms with Crippen molar-refractivity contribution in [3.8, 4) is 0 Å². The molecule has 1 aromatic heterocycles. The largest absolute Gasteiger partial charge is 0.418 e. The number of aromatic amines is 1. The Bertz CT molecular complexity index is 1760. The van der Waals surface area contributed by atoms with Crippen molar-refractivity contribution in [1.82, 2.24) is 26.3 Å². The average Bonchev–Trinajstić information content (AvgIpc) is 3.50. The lowest BCUT2D eigenvalue weighted by Crippen LogP contribution is -2.67. The monoisotopic (exact) mass is 745 g/mol. The number of unbranched alkanes of at least 4 members (excludes halogenated alkanes) is 2. The molecule has 5 atom stereocenters. The fourth-order valence-corrected chi connectivity index (χ4v) is 6.84. The minimum Gasteiger partial charge on any atom is -0.396 e. The number of rotatable bonds is 17. The number of alkyl halides is 3. The first-order chi connectivity index (χ1) is 25.1. The second kappa shape index (κ2) is 18.0. The zero-order valence-electron chi connectivity index (χ0n) is 30.7. The number of fused-ring (bicyclic) bond motifs is 3. The molecule has 6 N–H and O–H groups in total. The van der Waals surface area contributed by atoms with Gasteiger partial charge in [0.1, 0.15) is 23.4 Å². The first kappa shape index (κ1) is 41.3. The van der Waals surface area contributed by atoms with E-state index in [0.29, 0.717) is 49.9 Å². The van der Waals surface area contributed by atoms with Crippen LogP contribution in [0.1, 0.15) is 88.6 Å². The molecule has 4 amide bonds. The molecule has 4 rings (SSSR count). The Labute approximate surface area is 307 Å². The number of carbonyl (C=O) groups is 4.